The van der Waals surface area contributed by atoms with Crippen LogP contribution in [0.4, 0.5) is 0 Å². The fourth-order valence-corrected chi connectivity index (χ4v) is 10.1. The Bertz CT molecular complexity index is 1330. The molecule has 0 amide bonds. The molecule has 0 N–H and O–H groups in total. The van der Waals surface area contributed by atoms with E-state index >= 15 is 0 Å². The number of carbonyl (C=O) groups excluding carboxylic acids is 1. The molecule has 4 aromatic carbocycles. The van der Waals surface area contributed by atoms with E-state index in [4.69, 9.17) is 0 Å². The van der Waals surface area contributed by atoms with Gasteiger partial charge >= 0.3 is 0 Å². The molecule has 5 rings (SSSR count). The fourth-order valence-electron chi connectivity index (χ4n) is 5.09. The third-order valence-electron chi connectivity index (χ3n) is 6.66. The molecule has 0 radical (unpaired) electrons. The van der Waals surface area contributed by atoms with Crippen molar-refractivity contribution in [2.24, 2.45) is 0 Å². The molecule has 1 aromatic heterocycles. The Morgan fingerprint density at radius 1 is 0.639 bits per heavy atom. The number of aromatic nitrogens is 1. The number of rotatable bonds is 7. The van der Waals surface area contributed by atoms with Crippen LogP contribution < -0.4 is 42.3 Å². The highest BCUT2D eigenvalue weighted by atomic mass is 79.9. The highest BCUT2D eigenvalue weighted by molar-refractivity contribution is 7.20. The Balaban J connectivity index is 0.00000304. The number of hydrogen-bond acceptors (Lipinski definition) is 1. The first kappa shape index (κ1) is 25.5. The van der Waals surface area contributed by atoms with Gasteiger partial charge in [-0.3, -0.25) is 4.79 Å². The van der Waals surface area contributed by atoms with Crippen LogP contribution in [-0.2, 0) is 6.54 Å². The fraction of sp³-hybridized carbons (Fsp3) is 0.0625. The molecular formula is C32H28BrNOSi. The second-order valence-electron chi connectivity index (χ2n) is 8.85. The van der Waals surface area contributed by atoms with Crippen molar-refractivity contribution in [1.82, 2.24) is 0 Å². The summed E-state index contributed by atoms with van der Waals surface area (Å²) in [7, 11) is -2.57. The molecule has 0 saturated heterocycles. The Morgan fingerprint density at radius 3 is 1.47 bits per heavy atom. The van der Waals surface area contributed by atoms with Crippen LogP contribution in [0.15, 0.2) is 140 Å². The van der Waals surface area contributed by atoms with Gasteiger partial charge in [0.05, 0.1) is 0 Å². The zero-order valence-corrected chi connectivity index (χ0v) is 22.8. The van der Waals surface area contributed by atoms with Crippen LogP contribution in [0, 0.1) is 6.92 Å². The monoisotopic (exact) mass is 549 g/mol. The number of benzene rings is 4. The third-order valence-corrected chi connectivity index (χ3v) is 11.6. The van der Waals surface area contributed by atoms with Crippen molar-refractivity contribution in [3.05, 3.63) is 151 Å². The maximum atomic E-state index is 12.9. The zero-order valence-electron chi connectivity index (χ0n) is 20.2. The number of Topliss-reactive ketones (excluding diaryl/α,β-unsaturated/α-hetero) is 1. The third kappa shape index (κ3) is 4.88. The van der Waals surface area contributed by atoms with Crippen molar-refractivity contribution < 1.29 is 26.3 Å². The minimum absolute atomic E-state index is 0. The van der Waals surface area contributed by atoms with Crippen LogP contribution >= 0.6 is 0 Å². The highest BCUT2D eigenvalue weighted by Crippen LogP contribution is 2.11. The van der Waals surface area contributed by atoms with Crippen LogP contribution in [0.5, 0.6) is 0 Å². The van der Waals surface area contributed by atoms with E-state index in [0.29, 0.717) is 6.54 Å². The summed E-state index contributed by atoms with van der Waals surface area (Å²) in [5, 5.41) is 5.38. The second kappa shape index (κ2) is 11.4. The van der Waals surface area contributed by atoms with Crippen molar-refractivity contribution in [1.29, 1.82) is 0 Å². The average Bonchev–Trinajstić information content (AvgIpc) is 2.92. The number of carbonyl (C=O) groups is 1. The van der Waals surface area contributed by atoms with Crippen LogP contribution in [0.2, 0.25) is 0 Å². The van der Waals surface area contributed by atoms with Gasteiger partial charge < -0.3 is 17.0 Å². The van der Waals surface area contributed by atoms with E-state index in [0.717, 1.165) is 5.56 Å². The van der Waals surface area contributed by atoms with Gasteiger partial charge in [-0.25, -0.2) is 0 Å². The summed E-state index contributed by atoms with van der Waals surface area (Å²) >= 11 is 0. The van der Waals surface area contributed by atoms with Crippen LogP contribution in [0.3, 0.4) is 0 Å². The van der Waals surface area contributed by atoms with E-state index in [1.807, 2.05) is 34.9 Å². The number of hydrogen-bond donors (Lipinski definition) is 0. The number of halogens is 1. The van der Waals surface area contributed by atoms with Gasteiger partial charge in [-0.2, -0.15) is 4.57 Å². The van der Waals surface area contributed by atoms with Gasteiger partial charge in [-0.05, 0) is 27.7 Å². The minimum atomic E-state index is -2.57. The van der Waals surface area contributed by atoms with E-state index in [1.165, 1.54) is 26.3 Å². The second-order valence-corrected chi connectivity index (χ2v) is 12.6. The lowest BCUT2D eigenvalue weighted by molar-refractivity contribution is -0.683. The molecule has 2 nitrogen and oxygen atoms in total. The normalized spacial score (nSPS) is 10.9. The smallest absolute Gasteiger partial charge is 0.227 e. The van der Waals surface area contributed by atoms with Crippen LogP contribution in [0.1, 0.15) is 15.9 Å². The molecule has 0 aliphatic rings. The Hall–Kier alpha value is -3.60. The van der Waals surface area contributed by atoms with E-state index < -0.39 is 8.07 Å². The largest absolute Gasteiger partial charge is 1.00 e. The first-order valence-electron chi connectivity index (χ1n) is 11.9. The van der Waals surface area contributed by atoms with Crippen molar-refractivity contribution in [2.75, 3.05) is 0 Å². The van der Waals surface area contributed by atoms with Gasteiger partial charge in [0, 0.05) is 17.2 Å². The van der Waals surface area contributed by atoms with E-state index in [-0.39, 0.29) is 22.8 Å². The zero-order chi connectivity index (χ0) is 24.1. The van der Waals surface area contributed by atoms with Gasteiger partial charge in [0.2, 0.25) is 12.3 Å². The molecule has 0 fully saturated rings. The van der Waals surface area contributed by atoms with Gasteiger partial charge in [-0.15, -0.1) is 0 Å². The molecule has 0 atom stereocenters. The molecule has 0 aliphatic heterocycles. The summed E-state index contributed by atoms with van der Waals surface area (Å²) in [6, 6.07) is 44.4. The average molecular weight is 551 g/mol. The molecule has 0 aliphatic carbocycles. The topological polar surface area (TPSA) is 20.9 Å². The highest BCUT2D eigenvalue weighted by Gasteiger charge is 2.42. The summed E-state index contributed by atoms with van der Waals surface area (Å²) in [6.07, 6.45) is 4.20. The summed E-state index contributed by atoms with van der Waals surface area (Å²) in [6.45, 7) is 2.50. The van der Waals surface area contributed by atoms with Crippen molar-refractivity contribution in [3.8, 4) is 0 Å². The molecule has 0 saturated carbocycles. The van der Waals surface area contributed by atoms with E-state index in [1.54, 1.807) is 0 Å². The Kier molecular flexibility index (Phi) is 8.09. The summed E-state index contributed by atoms with van der Waals surface area (Å²) in [4.78, 5) is 12.9. The molecule has 0 bridgehead atoms. The summed E-state index contributed by atoms with van der Waals surface area (Å²) in [5.74, 6) is 0.112. The molecular weight excluding hydrogens is 522 g/mol. The van der Waals surface area contributed by atoms with Crippen LogP contribution in [0.25, 0.3) is 0 Å². The first-order chi connectivity index (χ1) is 17.2. The van der Waals surface area contributed by atoms with E-state index in [2.05, 4.69) is 116 Å². The van der Waals surface area contributed by atoms with Crippen LogP contribution in [-0.4, -0.2) is 13.9 Å². The van der Waals surface area contributed by atoms with Gasteiger partial charge in [-0.1, -0.05) is 121 Å². The Labute approximate surface area is 224 Å². The number of nitrogens with zero attached hydrogens (tertiary/aromatic N) is 1. The lowest BCUT2D eigenvalue weighted by atomic mass is 10.1. The van der Waals surface area contributed by atoms with Gasteiger partial charge in [0.15, 0.2) is 20.5 Å². The maximum Gasteiger partial charge on any atom is 0.227 e. The maximum absolute atomic E-state index is 12.9. The Morgan fingerprint density at radius 2 is 1.06 bits per heavy atom. The van der Waals surface area contributed by atoms with Gasteiger partial charge in [0.25, 0.3) is 0 Å². The first-order valence-corrected chi connectivity index (χ1v) is 13.9. The molecule has 5 aromatic rings. The number of ketones is 1. The van der Waals surface area contributed by atoms with Crippen molar-refractivity contribution >= 4 is 34.6 Å². The quantitative estimate of drug-likeness (QED) is 0.126. The lowest BCUT2D eigenvalue weighted by Gasteiger charge is -2.35. The molecule has 178 valence electrons. The summed E-state index contributed by atoms with van der Waals surface area (Å²) < 4.78 is 2.01. The predicted molar refractivity (Wildman–Crippen MR) is 146 cm³/mol. The molecule has 36 heavy (non-hydrogen) atoms. The molecule has 4 heteroatoms. The molecule has 1 heterocycles. The number of pyridine rings is 1. The predicted octanol–water partition coefficient (Wildman–Crippen LogP) is 0.547. The van der Waals surface area contributed by atoms with Gasteiger partial charge in [0.1, 0.15) is 0 Å². The summed E-state index contributed by atoms with van der Waals surface area (Å²) in [5.41, 5.74) is 1.93. The van der Waals surface area contributed by atoms with Crippen molar-refractivity contribution in [2.45, 2.75) is 13.5 Å². The lowest BCUT2D eigenvalue weighted by Crippen LogP contribution is -3.00. The standard InChI is InChI=1S/C32H28NOSi.BrH/c1-26-24-33(25-31(34)27-14-6-2-7-15-27)23-22-32(26)35(28-16-8-3-9-17-28,29-18-10-4-11-19-29)30-20-12-5-13-21-30;/h2-24H,25H2,1H3;1H/q+1;/p-1. The van der Waals surface area contributed by atoms with Crippen molar-refractivity contribution in [3.63, 3.8) is 0 Å². The molecule has 0 unspecified atom stereocenters. The van der Waals surface area contributed by atoms with E-state index in [9.17, 15) is 4.79 Å². The minimum Gasteiger partial charge on any atom is -1.00 e. The molecule has 0 spiro atoms. The SMILES string of the molecule is Cc1c[n+](CC(=O)c2ccccc2)ccc1[Si](c1ccccc1)(c1ccccc1)c1ccccc1.[Br-]. The number of aryl methyl sites for hydroxylation is 1.